The first kappa shape index (κ1) is 16.9. The van der Waals surface area contributed by atoms with Crippen LogP contribution in [0.3, 0.4) is 0 Å². The van der Waals surface area contributed by atoms with Crippen LogP contribution in [0.25, 0.3) is 15.3 Å². The van der Waals surface area contributed by atoms with Crippen molar-refractivity contribution in [2.24, 2.45) is 7.05 Å². The molecule has 0 aliphatic heterocycles. The van der Waals surface area contributed by atoms with Gasteiger partial charge in [0.2, 0.25) is 0 Å². The molecule has 0 spiro atoms. The zero-order valence-corrected chi connectivity index (χ0v) is 15.2. The van der Waals surface area contributed by atoms with Crippen LogP contribution in [0.5, 0.6) is 0 Å². The minimum atomic E-state index is -1.11. The lowest BCUT2D eigenvalue weighted by Gasteiger charge is -2.07. The maximum absolute atomic E-state index is 12.7. The van der Waals surface area contributed by atoms with Gasteiger partial charge in [0, 0.05) is 31.2 Å². The van der Waals surface area contributed by atoms with Crippen molar-refractivity contribution in [2.45, 2.75) is 6.92 Å². The second kappa shape index (κ2) is 6.32. The molecule has 0 bridgehead atoms. The number of aromatic carboxylic acids is 1. The Kier molecular flexibility index (Phi) is 3.96. The lowest BCUT2D eigenvalue weighted by molar-refractivity contribution is 0.0696. The van der Waals surface area contributed by atoms with Gasteiger partial charge in [-0.15, -0.1) is 11.3 Å². The lowest BCUT2D eigenvalue weighted by Crippen LogP contribution is -2.13. The average molecular weight is 382 g/mol. The Morgan fingerprint density at radius 1 is 1.19 bits per heavy atom. The van der Waals surface area contributed by atoms with Gasteiger partial charge in [0.1, 0.15) is 4.83 Å². The van der Waals surface area contributed by atoms with Crippen LogP contribution in [-0.4, -0.2) is 41.4 Å². The summed E-state index contributed by atoms with van der Waals surface area (Å²) >= 11 is 1.42. The number of carbonyl (C=O) groups excluding carboxylic acids is 1. The monoisotopic (exact) mass is 382 g/mol. The van der Waals surface area contributed by atoms with Crippen molar-refractivity contribution in [3.63, 3.8) is 0 Å². The van der Waals surface area contributed by atoms with Gasteiger partial charge in [-0.3, -0.25) is 14.5 Å². The van der Waals surface area contributed by atoms with E-state index in [1.807, 2.05) is 19.4 Å². The van der Waals surface area contributed by atoms with E-state index in [2.05, 4.69) is 20.5 Å². The first-order valence-electron chi connectivity index (χ1n) is 7.90. The summed E-state index contributed by atoms with van der Waals surface area (Å²) in [6.45, 7) is 1.69. The number of aryl methyl sites for hydroxylation is 2. The molecule has 136 valence electrons. The third-order valence-electron chi connectivity index (χ3n) is 4.01. The normalized spacial score (nSPS) is 11.0. The number of hydrogen-bond donors (Lipinski definition) is 2. The summed E-state index contributed by atoms with van der Waals surface area (Å²) in [7, 11) is 1.84. The van der Waals surface area contributed by atoms with Crippen LogP contribution in [0.15, 0.2) is 37.1 Å². The molecule has 9 nitrogen and oxygen atoms in total. The number of pyridine rings is 1. The van der Waals surface area contributed by atoms with Crippen molar-refractivity contribution in [2.75, 3.05) is 5.32 Å². The number of aromatic nitrogens is 5. The number of rotatable bonds is 4. The number of nitrogens with zero attached hydrogens (tertiary/aromatic N) is 5. The van der Waals surface area contributed by atoms with Crippen LogP contribution in [0.2, 0.25) is 0 Å². The van der Waals surface area contributed by atoms with E-state index in [1.165, 1.54) is 29.8 Å². The number of fused-ring (bicyclic) bond motifs is 1. The largest absolute Gasteiger partial charge is 0.478 e. The molecule has 4 heterocycles. The number of carbonyl (C=O) groups is 2. The summed E-state index contributed by atoms with van der Waals surface area (Å²) in [5.41, 5.74) is 2.22. The third kappa shape index (κ3) is 3.06. The van der Waals surface area contributed by atoms with Crippen LogP contribution in [0.4, 0.5) is 5.69 Å². The van der Waals surface area contributed by atoms with Gasteiger partial charge < -0.3 is 10.4 Å². The zero-order chi connectivity index (χ0) is 19.1. The van der Waals surface area contributed by atoms with E-state index in [-0.39, 0.29) is 11.5 Å². The quantitative estimate of drug-likeness (QED) is 0.560. The van der Waals surface area contributed by atoms with Crippen LogP contribution < -0.4 is 5.32 Å². The highest BCUT2D eigenvalue weighted by Gasteiger charge is 2.18. The summed E-state index contributed by atoms with van der Waals surface area (Å²) < 4.78 is 3.34. The van der Waals surface area contributed by atoms with Crippen molar-refractivity contribution >= 4 is 33.7 Å². The number of amides is 1. The SMILES string of the molecule is Cc1ncc(C(=O)O)cc1NC(=O)c1cnn2cc(-c3cnn(C)c3)sc12. The van der Waals surface area contributed by atoms with Gasteiger partial charge in [-0.05, 0) is 13.0 Å². The Bertz CT molecular complexity index is 1190. The molecule has 0 unspecified atom stereocenters. The number of hydrogen-bond acceptors (Lipinski definition) is 6. The second-order valence-electron chi connectivity index (χ2n) is 5.92. The van der Waals surface area contributed by atoms with Crippen LogP contribution in [0, 0.1) is 6.92 Å². The first-order chi connectivity index (χ1) is 12.9. The summed E-state index contributed by atoms with van der Waals surface area (Å²) in [6, 6.07) is 1.39. The van der Waals surface area contributed by atoms with Crippen molar-refractivity contribution < 1.29 is 14.7 Å². The fraction of sp³-hybridized carbons (Fsp3) is 0.118. The summed E-state index contributed by atoms with van der Waals surface area (Å²) in [5.74, 6) is -1.48. The van der Waals surface area contributed by atoms with E-state index in [0.29, 0.717) is 21.8 Å². The fourth-order valence-electron chi connectivity index (χ4n) is 2.59. The molecule has 0 saturated carbocycles. The highest BCUT2D eigenvalue weighted by atomic mass is 32.1. The van der Waals surface area contributed by atoms with E-state index in [0.717, 1.165) is 10.4 Å². The van der Waals surface area contributed by atoms with Crippen LogP contribution in [-0.2, 0) is 7.05 Å². The van der Waals surface area contributed by atoms with E-state index in [9.17, 15) is 9.59 Å². The Morgan fingerprint density at radius 2 is 2.00 bits per heavy atom. The molecule has 0 fully saturated rings. The number of nitrogens with one attached hydrogen (secondary N) is 1. The van der Waals surface area contributed by atoms with Gasteiger partial charge in [-0.1, -0.05) is 0 Å². The van der Waals surface area contributed by atoms with Gasteiger partial charge in [-0.2, -0.15) is 10.2 Å². The van der Waals surface area contributed by atoms with E-state index in [4.69, 9.17) is 5.11 Å². The van der Waals surface area contributed by atoms with Gasteiger partial charge >= 0.3 is 5.97 Å². The summed E-state index contributed by atoms with van der Waals surface area (Å²) in [4.78, 5) is 29.5. The van der Waals surface area contributed by atoms with Gasteiger partial charge in [-0.25, -0.2) is 9.31 Å². The first-order valence-corrected chi connectivity index (χ1v) is 8.71. The number of anilines is 1. The molecular formula is C17H14N6O3S. The molecule has 4 aromatic heterocycles. The highest BCUT2D eigenvalue weighted by Crippen LogP contribution is 2.30. The highest BCUT2D eigenvalue weighted by molar-refractivity contribution is 7.21. The van der Waals surface area contributed by atoms with E-state index < -0.39 is 5.97 Å². The molecule has 0 aliphatic carbocycles. The summed E-state index contributed by atoms with van der Waals surface area (Å²) in [6.07, 6.45) is 8.21. The molecule has 2 N–H and O–H groups in total. The molecule has 0 atom stereocenters. The molecule has 4 rings (SSSR count). The Balaban J connectivity index is 1.66. The molecular weight excluding hydrogens is 368 g/mol. The topological polar surface area (TPSA) is 114 Å². The molecule has 0 radical (unpaired) electrons. The van der Waals surface area contributed by atoms with E-state index in [1.54, 1.807) is 22.3 Å². The standard InChI is InChI=1S/C17H14N6O3S/c1-9-13(3-10(4-18-9)17(25)26)21-15(24)12-6-20-23-8-14(27-16(12)23)11-5-19-22(2)7-11/h3-8H,1-2H3,(H,21,24)(H,25,26). The number of carboxylic acids is 1. The molecule has 4 aromatic rings. The maximum atomic E-state index is 12.7. The molecule has 0 saturated heterocycles. The second-order valence-corrected chi connectivity index (χ2v) is 6.95. The predicted molar refractivity (Wildman–Crippen MR) is 99.2 cm³/mol. The number of thiazole rings is 1. The smallest absolute Gasteiger partial charge is 0.337 e. The Labute approximate surface area is 156 Å². The molecule has 1 amide bonds. The van der Waals surface area contributed by atoms with Gasteiger partial charge in [0.05, 0.1) is 39.8 Å². The van der Waals surface area contributed by atoms with Crippen molar-refractivity contribution in [1.29, 1.82) is 0 Å². The summed E-state index contributed by atoms with van der Waals surface area (Å²) in [5, 5.41) is 20.2. The van der Waals surface area contributed by atoms with Crippen molar-refractivity contribution in [1.82, 2.24) is 24.4 Å². The van der Waals surface area contributed by atoms with E-state index >= 15 is 0 Å². The lowest BCUT2D eigenvalue weighted by atomic mass is 10.2. The minimum absolute atomic E-state index is 0.00559. The van der Waals surface area contributed by atoms with Crippen molar-refractivity contribution in [3.05, 3.63) is 53.9 Å². The van der Waals surface area contributed by atoms with Gasteiger partial charge in [0.15, 0.2) is 0 Å². The Hall–Kier alpha value is -3.53. The number of carboxylic acid groups (broad SMARTS) is 1. The van der Waals surface area contributed by atoms with Crippen LogP contribution >= 0.6 is 11.3 Å². The third-order valence-corrected chi connectivity index (χ3v) is 5.17. The molecule has 10 heteroatoms. The maximum Gasteiger partial charge on any atom is 0.337 e. The molecule has 0 aromatic carbocycles. The van der Waals surface area contributed by atoms with Gasteiger partial charge in [0.25, 0.3) is 5.91 Å². The zero-order valence-electron chi connectivity index (χ0n) is 14.4. The van der Waals surface area contributed by atoms with Crippen LogP contribution in [0.1, 0.15) is 26.4 Å². The predicted octanol–water partition coefficient (Wildman–Crippen LogP) is 2.45. The molecule has 0 aliphatic rings. The minimum Gasteiger partial charge on any atom is -0.478 e. The average Bonchev–Trinajstić information content (AvgIpc) is 3.31. The fourth-order valence-corrected chi connectivity index (χ4v) is 3.62. The Morgan fingerprint density at radius 3 is 2.70 bits per heavy atom. The molecule has 27 heavy (non-hydrogen) atoms. The van der Waals surface area contributed by atoms with Crippen molar-refractivity contribution in [3.8, 4) is 10.4 Å².